The number of aromatic nitrogens is 4. The number of nitrogens with one attached hydrogen (secondary N) is 2. The number of carbonyl (C=O) groups is 1. The zero-order valence-electron chi connectivity index (χ0n) is 16.3. The molecule has 0 bridgehead atoms. The summed E-state index contributed by atoms with van der Waals surface area (Å²) >= 11 is 0. The lowest BCUT2D eigenvalue weighted by Crippen LogP contribution is -2.24. The largest absolute Gasteiger partial charge is 0.497 e. The van der Waals surface area contributed by atoms with E-state index in [1.54, 1.807) is 20.3 Å². The fraction of sp³-hybridized carbons (Fsp3) is 0.300. The third kappa shape index (κ3) is 4.28. The Morgan fingerprint density at radius 3 is 2.64 bits per heavy atom. The van der Waals surface area contributed by atoms with Gasteiger partial charge in [0, 0.05) is 11.8 Å². The average Bonchev–Trinajstić information content (AvgIpc) is 3.23. The van der Waals surface area contributed by atoms with E-state index in [-0.39, 0.29) is 5.91 Å². The number of methoxy groups -OCH3 is 2. The molecule has 8 nitrogen and oxygen atoms in total. The Labute approximate surface area is 163 Å². The highest BCUT2D eigenvalue weighted by molar-refractivity contribution is 5.96. The second-order valence-corrected chi connectivity index (χ2v) is 6.51. The zero-order valence-corrected chi connectivity index (χ0v) is 16.3. The molecule has 0 aliphatic heterocycles. The number of amides is 1. The van der Waals surface area contributed by atoms with Gasteiger partial charge in [0.05, 0.1) is 14.2 Å². The van der Waals surface area contributed by atoms with Gasteiger partial charge in [-0.3, -0.25) is 4.79 Å². The Hall–Kier alpha value is -3.42. The molecule has 28 heavy (non-hydrogen) atoms. The molecular formula is C20H23N5O3. The minimum absolute atomic E-state index is 0.215. The summed E-state index contributed by atoms with van der Waals surface area (Å²) < 4.78 is 10.7. The third-order valence-corrected chi connectivity index (χ3v) is 4.56. The van der Waals surface area contributed by atoms with Gasteiger partial charge in [-0.05, 0) is 49.1 Å². The van der Waals surface area contributed by atoms with Gasteiger partial charge in [-0.25, -0.2) is 0 Å². The van der Waals surface area contributed by atoms with Crippen LogP contribution in [0.3, 0.4) is 0 Å². The van der Waals surface area contributed by atoms with Gasteiger partial charge in [0.15, 0.2) is 5.82 Å². The quantitative estimate of drug-likeness (QED) is 0.652. The van der Waals surface area contributed by atoms with Crippen LogP contribution in [0, 0.1) is 13.8 Å². The van der Waals surface area contributed by atoms with E-state index in [9.17, 15) is 4.79 Å². The van der Waals surface area contributed by atoms with Gasteiger partial charge in [-0.15, -0.1) is 10.2 Å². The van der Waals surface area contributed by atoms with Crippen molar-refractivity contribution in [1.82, 2.24) is 20.6 Å². The number of hydrogen-bond acceptors (Lipinski definition) is 6. The average molecular weight is 381 g/mol. The summed E-state index contributed by atoms with van der Waals surface area (Å²) in [6.45, 7) is 3.93. The molecule has 0 aliphatic rings. The van der Waals surface area contributed by atoms with Crippen molar-refractivity contribution in [1.29, 1.82) is 0 Å². The number of tetrazole rings is 1. The van der Waals surface area contributed by atoms with E-state index < -0.39 is 5.92 Å². The highest BCUT2D eigenvalue weighted by atomic mass is 16.5. The van der Waals surface area contributed by atoms with Crippen molar-refractivity contribution in [3.8, 4) is 11.5 Å². The molecule has 1 heterocycles. The summed E-state index contributed by atoms with van der Waals surface area (Å²) in [6, 6.07) is 11.4. The maximum Gasteiger partial charge on any atom is 0.235 e. The number of benzene rings is 2. The summed E-state index contributed by atoms with van der Waals surface area (Å²) in [7, 11) is 3.17. The van der Waals surface area contributed by atoms with E-state index in [0.29, 0.717) is 23.7 Å². The smallest absolute Gasteiger partial charge is 0.235 e. The van der Waals surface area contributed by atoms with Gasteiger partial charge in [-0.2, -0.15) is 5.21 Å². The first kappa shape index (κ1) is 19.3. The Morgan fingerprint density at radius 1 is 1.14 bits per heavy atom. The van der Waals surface area contributed by atoms with Crippen molar-refractivity contribution in [2.24, 2.45) is 0 Å². The predicted octanol–water partition coefficient (Wildman–Crippen LogP) is 2.80. The van der Waals surface area contributed by atoms with E-state index >= 15 is 0 Å². The molecule has 1 unspecified atom stereocenters. The molecule has 2 aromatic carbocycles. The SMILES string of the molecule is COc1ccc(CC(C(=O)Nc2cc(C)ccc2C)c2nn[nH]n2)c(OC)c1. The molecule has 0 spiro atoms. The minimum Gasteiger partial charge on any atom is -0.497 e. The van der Waals surface area contributed by atoms with Crippen LogP contribution in [0.5, 0.6) is 11.5 Å². The molecule has 8 heteroatoms. The molecule has 0 saturated carbocycles. The van der Waals surface area contributed by atoms with Crippen molar-refractivity contribution < 1.29 is 14.3 Å². The van der Waals surface area contributed by atoms with Crippen LogP contribution in [0.1, 0.15) is 28.4 Å². The van der Waals surface area contributed by atoms with Gasteiger partial charge in [0.2, 0.25) is 5.91 Å². The molecule has 0 aliphatic carbocycles. The first-order valence-electron chi connectivity index (χ1n) is 8.84. The lowest BCUT2D eigenvalue weighted by Gasteiger charge is -2.17. The predicted molar refractivity (Wildman–Crippen MR) is 105 cm³/mol. The van der Waals surface area contributed by atoms with Crippen molar-refractivity contribution in [2.45, 2.75) is 26.2 Å². The van der Waals surface area contributed by atoms with Crippen molar-refractivity contribution in [3.05, 3.63) is 58.9 Å². The van der Waals surface area contributed by atoms with Crippen LogP contribution in [0.15, 0.2) is 36.4 Å². The number of hydrogen-bond donors (Lipinski definition) is 2. The van der Waals surface area contributed by atoms with E-state index in [2.05, 4.69) is 25.9 Å². The first-order chi connectivity index (χ1) is 13.5. The topological polar surface area (TPSA) is 102 Å². The number of aryl methyl sites for hydroxylation is 2. The van der Waals surface area contributed by atoms with Crippen LogP contribution < -0.4 is 14.8 Å². The molecular weight excluding hydrogens is 358 g/mol. The summed E-state index contributed by atoms with van der Waals surface area (Å²) in [5.41, 5.74) is 3.65. The number of ether oxygens (including phenoxy) is 2. The number of aromatic amines is 1. The summed E-state index contributed by atoms with van der Waals surface area (Å²) in [4.78, 5) is 13.1. The van der Waals surface area contributed by atoms with E-state index in [0.717, 1.165) is 22.4 Å². The maximum absolute atomic E-state index is 13.1. The van der Waals surface area contributed by atoms with E-state index in [1.807, 2.05) is 44.2 Å². The molecule has 1 atom stereocenters. The standard InChI is InChI=1S/C20H23N5O3/c1-12-5-6-13(2)17(9-12)21-20(26)16(19-22-24-25-23-19)10-14-7-8-15(27-3)11-18(14)28-4/h5-9,11,16H,10H2,1-4H3,(H,21,26)(H,22,23,24,25). The Morgan fingerprint density at radius 2 is 1.96 bits per heavy atom. The molecule has 2 N–H and O–H groups in total. The summed E-state index contributed by atoms with van der Waals surface area (Å²) in [5, 5.41) is 17.1. The molecule has 3 aromatic rings. The van der Waals surface area contributed by atoms with Crippen molar-refractivity contribution in [2.75, 3.05) is 19.5 Å². The Bertz CT molecular complexity index is 956. The molecule has 0 saturated heterocycles. The molecule has 0 radical (unpaired) electrons. The highest BCUT2D eigenvalue weighted by Crippen LogP contribution is 2.30. The van der Waals surface area contributed by atoms with E-state index in [1.165, 1.54) is 0 Å². The maximum atomic E-state index is 13.1. The Kier molecular flexibility index (Phi) is 5.88. The second kappa shape index (κ2) is 8.51. The Balaban J connectivity index is 1.90. The van der Waals surface area contributed by atoms with Gasteiger partial charge < -0.3 is 14.8 Å². The monoisotopic (exact) mass is 381 g/mol. The van der Waals surface area contributed by atoms with Crippen LogP contribution in [0.4, 0.5) is 5.69 Å². The van der Waals surface area contributed by atoms with Crippen LogP contribution >= 0.6 is 0 Å². The first-order valence-corrected chi connectivity index (χ1v) is 8.84. The fourth-order valence-corrected chi connectivity index (χ4v) is 2.95. The third-order valence-electron chi connectivity index (χ3n) is 4.56. The fourth-order valence-electron chi connectivity index (χ4n) is 2.95. The number of rotatable bonds is 7. The number of nitrogens with zero attached hydrogens (tertiary/aromatic N) is 3. The van der Waals surface area contributed by atoms with Crippen molar-refractivity contribution >= 4 is 11.6 Å². The number of H-pyrrole nitrogens is 1. The number of anilines is 1. The van der Waals surface area contributed by atoms with Gasteiger partial charge in [0.1, 0.15) is 17.4 Å². The summed E-state index contributed by atoms with van der Waals surface area (Å²) in [6.07, 6.45) is 0.351. The zero-order chi connectivity index (χ0) is 20.1. The van der Waals surface area contributed by atoms with Gasteiger partial charge in [-0.1, -0.05) is 23.4 Å². The minimum atomic E-state index is -0.638. The van der Waals surface area contributed by atoms with Gasteiger partial charge in [0.25, 0.3) is 0 Å². The molecule has 3 rings (SSSR count). The number of carbonyl (C=O) groups excluding carboxylic acids is 1. The normalized spacial score (nSPS) is 11.7. The second-order valence-electron chi connectivity index (χ2n) is 6.51. The highest BCUT2D eigenvalue weighted by Gasteiger charge is 2.27. The van der Waals surface area contributed by atoms with Crippen LogP contribution in [-0.2, 0) is 11.2 Å². The lowest BCUT2D eigenvalue weighted by atomic mass is 9.96. The van der Waals surface area contributed by atoms with Crippen LogP contribution in [-0.4, -0.2) is 40.8 Å². The van der Waals surface area contributed by atoms with E-state index in [4.69, 9.17) is 9.47 Å². The van der Waals surface area contributed by atoms with Crippen LogP contribution in [0.2, 0.25) is 0 Å². The van der Waals surface area contributed by atoms with Crippen LogP contribution in [0.25, 0.3) is 0 Å². The molecule has 146 valence electrons. The molecule has 1 aromatic heterocycles. The van der Waals surface area contributed by atoms with Gasteiger partial charge >= 0.3 is 0 Å². The van der Waals surface area contributed by atoms with Crippen molar-refractivity contribution in [3.63, 3.8) is 0 Å². The lowest BCUT2D eigenvalue weighted by molar-refractivity contribution is -0.117. The molecule has 1 amide bonds. The molecule has 0 fully saturated rings. The summed E-state index contributed by atoms with van der Waals surface area (Å²) in [5.74, 6) is 0.776.